The van der Waals surface area contributed by atoms with E-state index in [1.54, 1.807) is 6.92 Å². The Labute approximate surface area is 77.5 Å². The van der Waals surface area contributed by atoms with Gasteiger partial charge in [-0.05, 0) is 6.92 Å². The summed E-state index contributed by atoms with van der Waals surface area (Å²) in [5, 5.41) is 8.97. The molecule has 1 unspecified atom stereocenters. The van der Waals surface area contributed by atoms with E-state index in [-0.39, 0.29) is 13.0 Å². The minimum atomic E-state index is -4.03. The highest BCUT2D eigenvalue weighted by atomic mass is 32.2. The molecular formula is C7H12O5S. The van der Waals surface area contributed by atoms with E-state index in [1.807, 2.05) is 0 Å². The number of aliphatic hydroxyl groups excluding tert-OH is 1. The Morgan fingerprint density at radius 1 is 1.54 bits per heavy atom. The summed E-state index contributed by atoms with van der Waals surface area (Å²) in [6.07, 6.45) is -1.37. The molecule has 0 saturated carbocycles. The van der Waals surface area contributed by atoms with Gasteiger partial charge in [-0.25, -0.2) is 0 Å². The molecule has 0 heterocycles. The lowest BCUT2D eigenvalue weighted by molar-refractivity contribution is -0.0874. The van der Waals surface area contributed by atoms with Crippen LogP contribution in [0.25, 0.3) is 0 Å². The van der Waals surface area contributed by atoms with E-state index in [9.17, 15) is 8.42 Å². The molecule has 0 rings (SSSR count). The fourth-order valence-electron chi connectivity index (χ4n) is 0.543. The van der Waals surface area contributed by atoms with Crippen molar-refractivity contribution in [3.63, 3.8) is 0 Å². The maximum atomic E-state index is 10.2. The Morgan fingerprint density at radius 3 is 2.62 bits per heavy atom. The Bertz CT molecular complexity index is 284. The summed E-state index contributed by atoms with van der Waals surface area (Å²) >= 11 is 0. The number of aliphatic hydroxyl groups is 1. The topological polar surface area (TPSA) is 83.8 Å². The monoisotopic (exact) mass is 208 g/mol. The van der Waals surface area contributed by atoms with Crippen molar-refractivity contribution in [3.05, 3.63) is 0 Å². The molecule has 2 N–H and O–H groups in total. The lowest BCUT2D eigenvalue weighted by Crippen LogP contribution is -2.17. The van der Waals surface area contributed by atoms with Crippen molar-refractivity contribution in [1.82, 2.24) is 0 Å². The summed E-state index contributed by atoms with van der Waals surface area (Å²) < 4.78 is 33.5. The molecule has 1 atom stereocenters. The van der Waals surface area contributed by atoms with E-state index in [4.69, 9.17) is 9.66 Å². The van der Waals surface area contributed by atoms with Crippen LogP contribution in [-0.2, 0) is 14.9 Å². The van der Waals surface area contributed by atoms with Gasteiger partial charge in [0.2, 0.25) is 0 Å². The fourth-order valence-corrected chi connectivity index (χ4v) is 1.04. The SMILES string of the molecule is CC#CCOC(O)CCS(=O)(=O)O. The lowest BCUT2D eigenvalue weighted by atomic mass is 10.5. The average molecular weight is 208 g/mol. The van der Waals surface area contributed by atoms with Gasteiger partial charge in [0.25, 0.3) is 10.1 Å². The van der Waals surface area contributed by atoms with Gasteiger partial charge in [-0.3, -0.25) is 4.55 Å². The summed E-state index contributed by atoms with van der Waals surface area (Å²) in [7, 11) is -4.03. The van der Waals surface area contributed by atoms with Crippen LogP contribution in [0, 0.1) is 11.8 Å². The largest absolute Gasteiger partial charge is 0.368 e. The van der Waals surface area contributed by atoms with Crippen LogP contribution < -0.4 is 0 Å². The third-order valence-corrected chi connectivity index (χ3v) is 1.90. The van der Waals surface area contributed by atoms with Crippen molar-refractivity contribution in [2.24, 2.45) is 0 Å². The van der Waals surface area contributed by atoms with E-state index in [0.717, 1.165) is 0 Å². The lowest BCUT2D eigenvalue weighted by Gasteiger charge is -2.07. The third-order valence-electron chi connectivity index (χ3n) is 1.15. The van der Waals surface area contributed by atoms with Crippen molar-refractivity contribution in [1.29, 1.82) is 0 Å². The molecule has 0 aromatic rings. The number of ether oxygens (including phenoxy) is 1. The van der Waals surface area contributed by atoms with Crippen LogP contribution in [0.5, 0.6) is 0 Å². The third kappa shape index (κ3) is 9.30. The van der Waals surface area contributed by atoms with Gasteiger partial charge < -0.3 is 9.84 Å². The van der Waals surface area contributed by atoms with Crippen LogP contribution in [0.15, 0.2) is 0 Å². The highest BCUT2D eigenvalue weighted by Gasteiger charge is 2.09. The van der Waals surface area contributed by atoms with Gasteiger partial charge in [0, 0.05) is 6.42 Å². The Morgan fingerprint density at radius 2 is 2.15 bits per heavy atom. The molecular weight excluding hydrogens is 196 g/mol. The van der Waals surface area contributed by atoms with Crippen LogP contribution in [0.1, 0.15) is 13.3 Å². The smallest absolute Gasteiger partial charge is 0.265 e. The highest BCUT2D eigenvalue weighted by Crippen LogP contribution is 1.96. The molecule has 0 aliphatic heterocycles. The summed E-state index contributed by atoms with van der Waals surface area (Å²) in [6.45, 7) is 1.66. The molecule has 5 nitrogen and oxygen atoms in total. The van der Waals surface area contributed by atoms with Gasteiger partial charge in [0.15, 0.2) is 6.29 Å². The highest BCUT2D eigenvalue weighted by molar-refractivity contribution is 7.85. The summed E-state index contributed by atoms with van der Waals surface area (Å²) in [5.74, 6) is 4.55. The molecule has 0 aliphatic rings. The van der Waals surface area contributed by atoms with Crippen molar-refractivity contribution in [2.75, 3.05) is 12.4 Å². The standard InChI is InChI=1S/C7H12O5S/c1-2-3-5-12-7(8)4-6-13(9,10)11/h7-8H,4-6H2,1H3,(H,9,10,11). The predicted molar refractivity (Wildman–Crippen MR) is 46.4 cm³/mol. The molecule has 0 aliphatic carbocycles. The summed E-state index contributed by atoms with van der Waals surface area (Å²) in [5.41, 5.74) is 0. The van der Waals surface area contributed by atoms with Crippen molar-refractivity contribution >= 4 is 10.1 Å². The molecule has 0 spiro atoms. The molecule has 0 bridgehead atoms. The van der Waals surface area contributed by atoms with Gasteiger partial charge in [0.05, 0.1) is 5.75 Å². The quantitative estimate of drug-likeness (QED) is 0.365. The minimum Gasteiger partial charge on any atom is -0.368 e. The van der Waals surface area contributed by atoms with E-state index in [2.05, 4.69) is 16.6 Å². The molecule has 0 amide bonds. The van der Waals surface area contributed by atoms with Crippen molar-refractivity contribution < 1.29 is 22.8 Å². The molecule has 13 heavy (non-hydrogen) atoms. The van der Waals surface area contributed by atoms with Crippen molar-refractivity contribution in [3.8, 4) is 11.8 Å². The minimum absolute atomic E-state index is 0.0448. The van der Waals surface area contributed by atoms with Crippen molar-refractivity contribution in [2.45, 2.75) is 19.6 Å². The first-order valence-corrected chi connectivity index (χ1v) is 5.21. The maximum Gasteiger partial charge on any atom is 0.265 e. The van der Waals surface area contributed by atoms with E-state index < -0.39 is 22.2 Å². The zero-order valence-electron chi connectivity index (χ0n) is 7.23. The molecule has 0 saturated heterocycles. The normalized spacial score (nSPS) is 13.2. The summed E-state index contributed by atoms with van der Waals surface area (Å²) in [4.78, 5) is 0. The van der Waals surface area contributed by atoms with Gasteiger partial charge in [-0.15, -0.1) is 5.92 Å². The molecule has 0 aromatic heterocycles. The molecule has 6 heteroatoms. The second-order valence-electron chi connectivity index (χ2n) is 2.27. The van der Waals surface area contributed by atoms with E-state index >= 15 is 0 Å². The fraction of sp³-hybridized carbons (Fsp3) is 0.714. The van der Waals surface area contributed by atoms with Crippen LogP contribution in [0.3, 0.4) is 0 Å². The molecule has 0 radical (unpaired) electrons. The molecule has 76 valence electrons. The zero-order valence-corrected chi connectivity index (χ0v) is 8.04. The zero-order chi connectivity index (χ0) is 10.3. The first-order valence-electron chi connectivity index (χ1n) is 3.60. The van der Waals surface area contributed by atoms with Gasteiger partial charge in [-0.1, -0.05) is 5.92 Å². The van der Waals surface area contributed by atoms with Gasteiger partial charge >= 0.3 is 0 Å². The van der Waals surface area contributed by atoms with Crippen LogP contribution in [0.2, 0.25) is 0 Å². The first-order chi connectivity index (χ1) is 5.95. The molecule has 0 aromatic carbocycles. The van der Waals surface area contributed by atoms with E-state index in [0.29, 0.717) is 0 Å². The molecule has 0 fully saturated rings. The number of hydrogen-bond acceptors (Lipinski definition) is 4. The first kappa shape index (κ1) is 12.4. The predicted octanol–water partition coefficient (Wildman–Crippen LogP) is -0.377. The maximum absolute atomic E-state index is 10.2. The van der Waals surface area contributed by atoms with Crippen LogP contribution in [-0.4, -0.2) is 36.7 Å². The summed E-state index contributed by atoms with van der Waals surface area (Å²) in [6, 6.07) is 0. The van der Waals surface area contributed by atoms with Gasteiger partial charge in [-0.2, -0.15) is 8.42 Å². The Kier molecular flexibility index (Phi) is 5.66. The second-order valence-corrected chi connectivity index (χ2v) is 3.84. The number of rotatable bonds is 5. The van der Waals surface area contributed by atoms with Gasteiger partial charge in [0.1, 0.15) is 6.61 Å². The Balaban J connectivity index is 3.61. The van der Waals surface area contributed by atoms with Crippen LogP contribution >= 0.6 is 0 Å². The van der Waals surface area contributed by atoms with E-state index in [1.165, 1.54) is 0 Å². The second kappa shape index (κ2) is 5.94. The van der Waals surface area contributed by atoms with Crippen LogP contribution in [0.4, 0.5) is 0 Å². The Hall–Kier alpha value is -0.610. The number of hydrogen-bond donors (Lipinski definition) is 2. The average Bonchev–Trinajstić information content (AvgIpc) is 2.00.